The van der Waals surface area contributed by atoms with E-state index in [0.29, 0.717) is 38.8 Å². The molecule has 27 heavy (non-hydrogen) atoms. The number of aromatic nitrogens is 1. The topological polar surface area (TPSA) is 55.1 Å². The Hall–Kier alpha value is -2.89. The standard InChI is InChI=1S/C20H11Cl2FN2O2/c21-12-4-6-15(16(22)9-12)19(26)24-14-5-7-18-17(10-14)25-20(27-18)11-2-1-3-13(23)8-11/h1-10H,(H,24,26). The van der Waals surface area contributed by atoms with Crippen molar-refractivity contribution in [2.75, 3.05) is 5.32 Å². The molecule has 7 heteroatoms. The van der Waals surface area contributed by atoms with Crippen molar-refractivity contribution in [2.45, 2.75) is 0 Å². The van der Waals surface area contributed by atoms with Gasteiger partial charge in [0, 0.05) is 16.3 Å². The molecule has 134 valence electrons. The summed E-state index contributed by atoms with van der Waals surface area (Å²) in [5.74, 6) is -0.443. The highest BCUT2D eigenvalue weighted by atomic mass is 35.5. The lowest BCUT2D eigenvalue weighted by Gasteiger charge is -2.06. The fraction of sp³-hybridized carbons (Fsp3) is 0. The van der Waals surface area contributed by atoms with Crippen molar-refractivity contribution >= 4 is 45.9 Å². The Bertz CT molecular complexity index is 1170. The van der Waals surface area contributed by atoms with Crippen LogP contribution in [0.4, 0.5) is 10.1 Å². The van der Waals surface area contributed by atoms with E-state index in [1.807, 2.05) is 0 Å². The van der Waals surface area contributed by atoms with Crippen molar-refractivity contribution in [3.8, 4) is 11.5 Å². The van der Waals surface area contributed by atoms with Crippen LogP contribution < -0.4 is 5.32 Å². The largest absolute Gasteiger partial charge is 0.436 e. The van der Waals surface area contributed by atoms with Gasteiger partial charge < -0.3 is 9.73 Å². The first-order chi connectivity index (χ1) is 13.0. The van der Waals surface area contributed by atoms with Gasteiger partial charge in [0.1, 0.15) is 11.3 Å². The lowest BCUT2D eigenvalue weighted by molar-refractivity contribution is 0.102. The Balaban J connectivity index is 1.62. The van der Waals surface area contributed by atoms with Crippen molar-refractivity contribution in [1.29, 1.82) is 0 Å². The van der Waals surface area contributed by atoms with E-state index >= 15 is 0 Å². The number of anilines is 1. The number of rotatable bonds is 3. The third-order valence-corrected chi connectivity index (χ3v) is 4.44. The average Bonchev–Trinajstić information content (AvgIpc) is 3.05. The second-order valence-electron chi connectivity index (χ2n) is 5.79. The zero-order valence-corrected chi connectivity index (χ0v) is 15.2. The van der Waals surface area contributed by atoms with Crippen LogP contribution in [-0.2, 0) is 0 Å². The summed E-state index contributed by atoms with van der Waals surface area (Å²) in [5, 5.41) is 3.47. The molecule has 4 rings (SSSR count). The second-order valence-corrected chi connectivity index (χ2v) is 6.63. The van der Waals surface area contributed by atoms with E-state index < -0.39 is 0 Å². The highest BCUT2D eigenvalue weighted by Crippen LogP contribution is 2.27. The molecule has 1 aromatic heterocycles. The van der Waals surface area contributed by atoms with Gasteiger partial charge in [0.2, 0.25) is 5.89 Å². The van der Waals surface area contributed by atoms with Crippen LogP contribution in [-0.4, -0.2) is 10.9 Å². The lowest BCUT2D eigenvalue weighted by Crippen LogP contribution is -2.12. The summed E-state index contributed by atoms with van der Waals surface area (Å²) in [6.45, 7) is 0. The number of carbonyl (C=O) groups is 1. The number of benzene rings is 3. The fourth-order valence-corrected chi connectivity index (χ4v) is 3.12. The number of nitrogens with zero attached hydrogens (tertiary/aromatic N) is 1. The molecule has 0 saturated heterocycles. The highest BCUT2D eigenvalue weighted by molar-refractivity contribution is 6.37. The predicted molar refractivity (Wildman–Crippen MR) is 104 cm³/mol. The number of nitrogens with one attached hydrogen (secondary N) is 1. The van der Waals surface area contributed by atoms with Gasteiger partial charge in [-0.2, -0.15) is 0 Å². The molecule has 0 aliphatic heterocycles. The van der Waals surface area contributed by atoms with Crippen molar-refractivity contribution in [2.24, 2.45) is 0 Å². The third kappa shape index (κ3) is 3.65. The van der Waals surface area contributed by atoms with Gasteiger partial charge in [0.25, 0.3) is 5.91 Å². The van der Waals surface area contributed by atoms with E-state index in [0.717, 1.165) is 0 Å². The zero-order valence-electron chi connectivity index (χ0n) is 13.7. The molecular formula is C20H11Cl2FN2O2. The molecule has 0 aliphatic carbocycles. The molecule has 0 radical (unpaired) electrons. The molecule has 1 N–H and O–H groups in total. The lowest BCUT2D eigenvalue weighted by atomic mass is 10.2. The highest BCUT2D eigenvalue weighted by Gasteiger charge is 2.13. The Morgan fingerprint density at radius 2 is 1.89 bits per heavy atom. The van der Waals surface area contributed by atoms with E-state index in [9.17, 15) is 9.18 Å². The molecule has 1 heterocycles. The molecular weight excluding hydrogens is 390 g/mol. The molecule has 0 unspecified atom stereocenters. The predicted octanol–water partition coefficient (Wildman–Crippen LogP) is 6.19. The molecule has 0 fully saturated rings. The van der Waals surface area contributed by atoms with Gasteiger partial charge in [-0.05, 0) is 54.6 Å². The van der Waals surface area contributed by atoms with Gasteiger partial charge in [-0.3, -0.25) is 4.79 Å². The first-order valence-electron chi connectivity index (χ1n) is 7.92. The monoisotopic (exact) mass is 400 g/mol. The number of fused-ring (bicyclic) bond motifs is 1. The molecule has 0 bridgehead atoms. The van der Waals surface area contributed by atoms with E-state index in [4.69, 9.17) is 27.6 Å². The van der Waals surface area contributed by atoms with Gasteiger partial charge in [0.15, 0.2) is 5.58 Å². The normalized spacial score (nSPS) is 10.9. The minimum absolute atomic E-state index is 0.260. The molecule has 4 nitrogen and oxygen atoms in total. The van der Waals surface area contributed by atoms with Crippen LogP contribution in [0.2, 0.25) is 10.0 Å². The smallest absolute Gasteiger partial charge is 0.257 e. The first kappa shape index (κ1) is 17.5. The van der Waals surface area contributed by atoms with Crippen LogP contribution in [0.3, 0.4) is 0 Å². The molecule has 0 spiro atoms. The molecule has 3 aromatic carbocycles. The van der Waals surface area contributed by atoms with E-state index in [1.54, 1.807) is 42.5 Å². The van der Waals surface area contributed by atoms with Crippen molar-refractivity contribution in [3.05, 3.63) is 82.1 Å². The SMILES string of the molecule is O=C(Nc1ccc2oc(-c3cccc(F)c3)nc2c1)c1ccc(Cl)cc1Cl. The molecule has 1 amide bonds. The molecule has 0 aliphatic rings. The number of oxazole rings is 1. The maximum Gasteiger partial charge on any atom is 0.257 e. The van der Waals surface area contributed by atoms with Crippen LogP contribution in [0.1, 0.15) is 10.4 Å². The summed E-state index contributed by atoms with van der Waals surface area (Å²) in [6.07, 6.45) is 0. The van der Waals surface area contributed by atoms with Crippen LogP contribution in [0.15, 0.2) is 65.1 Å². The summed E-state index contributed by atoms with van der Waals surface area (Å²) >= 11 is 11.9. The van der Waals surface area contributed by atoms with E-state index in [-0.39, 0.29) is 16.7 Å². The minimum atomic E-state index is -0.373. The maximum absolute atomic E-state index is 13.4. The zero-order chi connectivity index (χ0) is 19.0. The van der Waals surface area contributed by atoms with Crippen LogP contribution in [0.5, 0.6) is 0 Å². The molecule has 4 aromatic rings. The van der Waals surface area contributed by atoms with E-state index in [1.165, 1.54) is 18.2 Å². The molecule has 0 atom stereocenters. The van der Waals surface area contributed by atoms with Crippen molar-refractivity contribution in [1.82, 2.24) is 4.98 Å². The molecule has 0 saturated carbocycles. The summed E-state index contributed by atoms with van der Waals surface area (Å²) in [5.41, 5.74) is 2.43. The van der Waals surface area contributed by atoms with Crippen LogP contribution in [0.25, 0.3) is 22.6 Å². The third-order valence-electron chi connectivity index (χ3n) is 3.89. The van der Waals surface area contributed by atoms with Crippen molar-refractivity contribution in [3.63, 3.8) is 0 Å². The summed E-state index contributed by atoms with van der Waals surface area (Å²) in [6, 6.07) is 15.7. The minimum Gasteiger partial charge on any atom is -0.436 e. The first-order valence-corrected chi connectivity index (χ1v) is 8.68. The summed E-state index contributed by atoms with van der Waals surface area (Å²) in [4.78, 5) is 16.8. The van der Waals surface area contributed by atoms with Gasteiger partial charge >= 0.3 is 0 Å². The fourth-order valence-electron chi connectivity index (χ4n) is 2.62. The Morgan fingerprint density at radius 3 is 2.67 bits per heavy atom. The van der Waals surface area contributed by atoms with Gasteiger partial charge in [-0.1, -0.05) is 29.3 Å². The van der Waals surface area contributed by atoms with Gasteiger partial charge in [-0.25, -0.2) is 9.37 Å². The second kappa shape index (κ2) is 7.02. The summed E-state index contributed by atoms with van der Waals surface area (Å²) < 4.78 is 19.1. The summed E-state index contributed by atoms with van der Waals surface area (Å²) in [7, 11) is 0. The van der Waals surface area contributed by atoms with Gasteiger partial charge in [-0.15, -0.1) is 0 Å². The number of hydrogen-bond donors (Lipinski definition) is 1. The van der Waals surface area contributed by atoms with Crippen molar-refractivity contribution < 1.29 is 13.6 Å². The Labute approximate surface area is 163 Å². The number of carbonyl (C=O) groups excluding carboxylic acids is 1. The van der Waals surface area contributed by atoms with Crippen LogP contribution in [0, 0.1) is 5.82 Å². The Morgan fingerprint density at radius 1 is 1.04 bits per heavy atom. The average molecular weight is 401 g/mol. The van der Waals surface area contributed by atoms with Crippen LogP contribution >= 0.6 is 23.2 Å². The number of amides is 1. The maximum atomic E-state index is 13.4. The van der Waals surface area contributed by atoms with E-state index in [2.05, 4.69) is 10.3 Å². The Kier molecular flexibility index (Phi) is 4.56. The van der Waals surface area contributed by atoms with Gasteiger partial charge in [0.05, 0.1) is 10.6 Å². The number of halogens is 3. The number of hydrogen-bond acceptors (Lipinski definition) is 3. The quantitative estimate of drug-likeness (QED) is 0.445.